The Balaban J connectivity index is 0.00000141. The highest BCUT2D eigenvalue weighted by atomic mass is 14.9. The van der Waals surface area contributed by atoms with Crippen LogP contribution in [0, 0.1) is 68.0 Å². The van der Waals surface area contributed by atoms with Gasteiger partial charge in [0, 0.05) is 0 Å². The summed E-state index contributed by atoms with van der Waals surface area (Å²) < 4.78 is 0. The molecule has 0 radical (unpaired) electrons. The molecule has 0 unspecified atom stereocenters. The van der Waals surface area contributed by atoms with Crippen LogP contribution in [0.3, 0.4) is 0 Å². The molecule has 4 aromatic rings. The smallest absolute Gasteiger partial charge is 0.232 e. The first kappa shape index (κ1) is 20.9. The highest BCUT2D eigenvalue weighted by Gasteiger charge is 2.24. The number of benzene rings is 1. The summed E-state index contributed by atoms with van der Waals surface area (Å²) in [5.74, 6) is -0.699. The number of hydrogen-bond acceptors (Lipinski definition) is 12. The van der Waals surface area contributed by atoms with Crippen molar-refractivity contribution in [1.29, 1.82) is 31.6 Å². The maximum atomic E-state index is 9.56. The van der Waals surface area contributed by atoms with Gasteiger partial charge in [-0.05, 0) is 0 Å². The minimum Gasteiger partial charge on any atom is -0.232 e. The molecule has 3 aromatic heterocycles. The van der Waals surface area contributed by atoms with Crippen LogP contribution in [0.15, 0.2) is 0 Å². The summed E-state index contributed by atoms with van der Waals surface area (Å²) in [6.45, 7) is 4.00. The third kappa shape index (κ3) is 2.97. The molecule has 0 saturated heterocycles. The first-order chi connectivity index (χ1) is 15.6. The van der Waals surface area contributed by atoms with Crippen molar-refractivity contribution in [3.8, 4) is 36.4 Å². The molecular formula is C20H6N12. The third-order valence-corrected chi connectivity index (χ3v) is 4.04. The van der Waals surface area contributed by atoms with Crippen LogP contribution in [0.5, 0.6) is 0 Å². The van der Waals surface area contributed by atoms with E-state index in [2.05, 4.69) is 29.9 Å². The Morgan fingerprint density at radius 3 is 1.00 bits per heavy atom. The minimum atomic E-state index is -0.350. The molecule has 0 spiro atoms. The summed E-state index contributed by atoms with van der Waals surface area (Å²) in [5.41, 5.74) is -1.29. The number of rotatable bonds is 0. The van der Waals surface area contributed by atoms with Gasteiger partial charge < -0.3 is 0 Å². The lowest BCUT2D eigenvalue weighted by atomic mass is 10.0. The topological polar surface area (TPSA) is 220 Å². The largest absolute Gasteiger partial charge is 0.234 e. The number of nitrogens with zero attached hydrogens (tertiary/aromatic N) is 12. The molecule has 0 bridgehead atoms. The quantitative estimate of drug-likeness (QED) is 0.375. The van der Waals surface area contributed by atoms with E-state index in [1.165, 1.54) is 0 Å². The molecule has 0 atom stereocenters. The Morgan fingerprint density at radius 1 is 0.406 bits per heavy atom. The van der Waals surface area contributed by atoms with Gasteiger partial charge in [0.25, 0.3) is 0 Å². The lowest BCUT2D eigenvalue weighted by molar-refractivity contribution is 1.11. The number of fused-ring (bicyclic) bond motifs is 6. The van der Waals surface area contributed by atoms with Crippen molar-refractivity contribution >= 4 is 32.8 Å². The zero-order chi connectivity index (χ0) is 23.4. The van der Waals surface area contributed by atoms with Gasteiger partial charge in [-0.3, -0.25) is 0 Å². The van der Waals surface area contributed by atoms with Crippen LogP contribution in [0.2, 0.25) is 0 Å². The summed E-state index contributed by atoms with van der Waals surface area (Å²) in [7, 11) is 0. The summed E-state index contributed by atoms with van der Waals surface area (Å²) in [6.07, 6.45) is 0. The molecule has 12 nitrogen and oxygen atoms in total. The zero-order valence-electron chi connectivity index (χ0n) is 16.4. The molecule has 0 aliphatic heterocycles. The van der Waals surface area contributed by atoms with Crippen molar-refractivity contribution in [1.82, 2.24) is 29.9 Å². The van der Waals surface area contributed by atoms with Crippen LogP contribution in [-0.2, 0) is 0 Å². The van der Waals surface area contributed by atoms with Crippen LogP contribution >= 0.6 is 0 Å². The Hall–Kier alpha value is -5.82. The molecule has 4 rings (SSSR count). The van der Waals surface area contributed by atoms with Crippen molar-refractivity contribution in [3.05, 3.63) is 34.4 Å². The Bertz CT molecular complexity index is 1560. The van der Waals surface area contributed by atoms with Crippen LogP contribution in [0.1, 0.15) is 48.3 Å². The van der Waals surface area contributed by atoms with Gasteiger partial charge in [-0.2, -0.15) is 31.6 Å². The van der Waals surface area contributed by atoms with E-state index >= 15 is 0 Å². The van der Waals surface area contributed by atoms with E-state index < -0.39 is 0 Å². The molecule has 0 saturated carbocycles. The average Bonchev–Trinajstić information content (AvgIpc) is 2.87. The van der Waals surface area contributed by atoms with E-state index in [0.717, 1.165) is 0 Å². The third-order valence-electron chi connectivity index (χ3n) is 4.04. The summed E-state index contributed by atoms with van der Waals surface area (Å²) >= 11 is 0. The van der Waals surface area contributed by atoms with Gasteiger partial charge in [-0.15, -0.1) is 0 Å². The maximum Gasteiger partial charge on any atom is 0.234 e. The highest BCUT2D eigenvalue weighted by Crippen LogP contribution is 2.34. The van der Waals surface area contributed by atoms with Crippen LogP contribution in [0.25, 0.3) is 32.8 Å². The summed E-state index contributed by atoms with van der Waals surface area (Å²) in [4.78, 5) is 24.1. The standard InChI is InChI=1S/C18N12.C2H6/c19-1-7-8(2-20)28-16-14-10(4-22)26-12(6-24)30-18(14)17-13(15(16)27-7)9(3-21)25-11(5-23)29-17;1-2/h;1-2H3. The van der Waals surface area contributed by atoms with E-state index in [-0.39, 0.29) is 67.3 Å². The second-order valence-corrected chi connectivity index (χ2v) is 5.53. The molecule has 0 N–H and O–H groups in total. The fraction of sp³-hybridized carbons (Fsp3) is 0.100. The van der Waals surface area contributed by atoms with Crippen molar-refractivity contribution in [2.45, 2.75) is 13.8 Å². The molecule has 3 heterocycles. The normalized spacial score (nSPS) is 9.38. The van der Waals surface area contributed by atoms with Gasteiger partial charge in [-0.25, -0.2) is 29.9 Å². The minimum absolute atomic E-state index is 0.0129. The maximum absolute atomic E-state index is 9.56. The summed E-state index contributed by atoms with van der Waals surface area (Å²) in [5, 5.41) is 56.2. The van der Waals surface area contributed by atoms with E-state index in [9.17, 15) is 31.6 Å². The SMILES string of the molecule is CC.N#Cc1nc(C#N)c2c(n1)c1nc(C#N)nc(C#N)c1c1nc(C#N)c(C#N)nc12. The lowest BCUT2D eigenvalue weighted by Gasteiger charge is -2.10. The van der Waals surface area contributed by atoms with Crippen molar-refractivity contribution in [3.63, 3.8) is 0 Å². The molecule has 0 amide bonds. The van der Waals surface area contributed by atoms with E-state index in [1.54, 1.807) is 24.3 Å². The first-order valence-electron chi connectivity index (χ1n) is 8.77. The Kier molecular flexibility index (Phi) is 5.41. The number of aromatic nitrogens is 6. The Labute approximate surface area is 179 Å². The molecular weight excluding hydrogens is 408 g/mol. The zero-order valence-corrected chi connectivity index (χ0v) is 16.4. The second-order valence-electron chi connectivity index (χ2n) is 5.53. The fourth-order valence-electron chi connectivity index (χ4n) is 2.91. The van der Waals surface area contributed by atoms with Crippen molar-refractivity contribution in [2.24, 2.45) is 0 Å². The van der Waals surface area contributed by atoms with Gasteiger partial charge in [0.1, 0.15) is 58.5 Å². The first-order valence-corrected chi connectivity index (χ1v) is 8.77. The van der Waals surface area contributed by atoms with Gasteiger partial charge in [0.15, 0.2) is 22.8 Å². The van der Waals surface area contributed by atoms with Gasteiger partial charge in [0.2, 0.25) is 11.6 Å². The van der Waals surface area contributed by atoms with Gasteiger partial charge in [-0.1, -0.05) is 13.8 Å². The molecule has 146 valence electrons. The lowest BCUT2D eigenvalue weighted by Crippen LogP contribution is -2.05. The number of nitriles is 6. The van der Waals surface area contributed by atoms with E-state index in [4.69, 9.17) is 0 Å². The summed E-state index contributed by atoms with van der Waals surface area (Å²) in [6, 6.07) is 10.6. The molecule has 0 aliphatic carbocycles. The predicted octanol–water partition coefficient (Wildman–Crippen LogP) is 1.77. The van der Waals surface area contributed by atoms with E-state index in [1.807, 2.05) is 26.0 Å². The van der Waals surface area contributed by atoms with Crippen LogP contribution in [-0.4, -0.2) is 29.9 Å². The molecule has 12 heteroatoms. The van der Waals surface area contributed by atoms with Crippen molar-refractivity contribution < 1.29 is 0 Å². The predicted molar refractivity (Wildman–Crippen MR) is 105 cm³/mol. The van der Waals surface area contributed by atoms with E-state index in [0.29, 0.717) is 0 Å². The van der Waals surface area contributed by atoms with Crippen LogP contribution < -0.4 is 0 Å². The number of hydrogen-bond donors (Lipinski definition) is 0. The molecule has 1 aromatic carbocycles. The second kappa shape index (κ2) is 8.27. The average molecular weight is 414 g/mol. The highest BCUT2D eigenvalue weighted by molar-refractivity contribution is 6.22. The van der Waals surface area contributed by atoms with Crippen molar-refractivity contribution in [2.75, 3.05) is 0 Å². The molecule has 0 aliphatic rings. The van der Waals surface area contributed by atoms with Gasteiger partial charge >= 0.3 is 0 Å². The fourth-order valence-corrected chi connectivity index (χ4v) is 2.91. The monoisotopic (exact) mass is 414 g/mol. The molecule has 32 heavy (non-hydrogen) atoms. The van der Waals surface area contributed by atoms with Crippen LogP contribution in [0.4, 0.5) is 0 Å². The van der Waals surface area contributed by atoms with Gasteiger partial charge in [0.05, 0.1) is 10.8 Å². The molecule has 0 fully saturated rings. The Morgan fingerprint density at radius 2 is 0.719 bits per heavy atom.